The smallest absolute Gasteiger partial charge is 0.294 e. The molecule has 0 atom stereocenters. The first-order valence-corrected chi connectivity index (χ1v) is 5.88. The van der Waals surface area contributed by atoms with Gasteiger partial charge in [0.05, 0.1) is 6.54 Å². The van der Waals surface area contributed by atoms with E-state index in [0.717, 1.165) is 25.7 Å². The summed E-state index contributed by atoms with van der Waals surface area (Å²) < 4.78 is 36.4. The van der Waals surface area contributed by atoms with Crippen LogP contribution in [0.5, 0.6) is 0 Å². The maximum absolute atomic E-state index is 12.1. The number of nitrogens with zero attached hydrogens (tertiary/aromatic N) is 1. The summed E-state index contributed by atoms with van der Waals surface area (Å²) in [5, 5.41) is 0. The topological polar surface area (TPSA) is 3.24 Å². The predicted molar refractivity (Wildman–Crippen MR) is 57.4 cm³/mol. The normalized spacial score (nSPS) is 12.4. The van der Waals surface area contributed by atoms with Crippen LogP contribution >= 0.6 is 11.6 Å². The van der Waals surface area contributed by atoms with E-state index in [1.165, 1.54) is 4.90 Å². The molecule has 5 heteroatoms. The van der Waals surface area contributed by atoms with Gasteiger partial charge in [0.1, 0.15) is 0 Å². The molecule has 0 spiro atoms. The molecule has 0 aromatic heterocycles. The summed E-state index contributed by atoms with van der Waals surface area (Å²) in [5.74, 6) is 0.254. The van der Waals surface area contributed by atoms with Gasteiger partial charge >= 0.3 is 6.18 Å². The van der Waals surface area contributed by atoms with E-state index in [0.29, 0.717) is 13.1 Å². The van der Waals surface area contributed by atoms with Gasteiger partial charge in [-0.05, 0) is 13.0 Å². The summed E-state index contributed by atoms with van der Waals surface area (Å²) in [6.07, 6.45) is -0.125. The van der Waals surface area contributed by atoms with Crippen molar-refractivity contribution in [2.24, 2.45) is 0 Å². The van der Waals surface area contributed by atoms with Crippen LogP contribution < -0.4 is 0 Å². The molecule has 0 saturated carbocycles. The highest BCUT2D eigenvalue weighted by Crippen LogP contribution is 2.17. The van der Waals surface area contributed by atoms with Crippen LogP contribution in [-0.4, -0.2) is 36.6 Å². The molecule has 0 fully saturated rings. The number of rotatable bonds is 8. The molecule has 15 heavy (non-hydrogen) atoms. The molecule has 0 aliphatic carbocycles. The molecule has 0 saturated heterocycles. The summed E-state index contributed by atoms with van der Waals surface area (Å²) >= 11 is 5.46. The molecule has 0 unspecified atom stereocenters. The fourth-order valence-corrected chi connectivity index (χ4v) is 1.64. The van der Waals surface area contributed by atoms with Gasteiger partial charge in [-0.25, -0.2) is 0 Å². The number of hydrogen-bond acceptors (Lipinski definition) is 1. The Kier molecular flexibility index (Phi) is 8.24. The summed E-state index contributed by atoms with van der Waals surface area (Å²) in [7, 11) is 0. The van der Waals surface area contributed by atoms with E-state index in [9.17, 15) is 13.2 Å². The maximum Gasteiger partial charge on any atom is 0.401 e. The van der Waals surface area contributed by atoms with E-state index in [1.54, 1.807) is 0 Å². The van der Waals surface area contributed by atoms with E-state index in [-0.39, 0.29) is 5.88 Å². The standard InChI is InChI=1S/C10H19ClF3N/c1-2-3-4-5-7-15(8-6-11)9-10(12,13)14/h2-9H2,1H3. The highest BCUT2D eigenvalue weighted by atomic mass is 35.5. The Labute approximate surface area is 94.6 Å². The van der Waals surface area contributed by atoms with Gasteiger partial charge < -0.3 is 0 Å². The lowest BCUT2D eigenvalue weighted by Gasteiger charge is -2.22. The number of hydrogen-bond donors (Lipinski definition) is 0. The lowest BCUT2D eigenvalue weighted by atomic mass is 10.2. The lowest BCUT2D eigenvalue weighted by Crippen LogP contribution is -2.36. The third-order valence-electron chi connectivity index (χ3n) is 2.13. The third-order valence-corrected chi connectivity index (χ3v) is 2.30. The van der Waals surface area contributed by atoms with Crippen LogP contribution in [0.15, 0.2) is 0 Å². The van der Waals surface area contributed by atoms with Crippen molar-refractivity contribution in [1.82, 2.24) is 4.90 Å². The molecule has 0 heterocycles. The molecule has 0 aliphatic heterocycles. The second kappa shape index (κ2) is 8.22. The molecule has 92 valence electrons. The van der Waals surface area contributed by atoms with E-state index in [1.807, 2.05) is 0 Å². The van der Waals surface area contributed by atoms with Crippen LogP contribution in [0.1, 0.15) is 32.6 Å². The first kappa shape index (κ1) is 15.0. The van der Waals surface area contributed by atoms with Crippen LogP contribution in [0.3, 0.4) is 0 Å². The number of unbranched alkanes of at least 4 members (excludes halogenated alkanes) is 3. The Morgan fingerprint density at radius 2 is 1.73 bits per heavy atom. The molecule has 0 bridgehead atoms. The van der Waals surface area contributed by atoms with Crippen molar-refractivity contribution in [2.75, 3.05) is 25.5 Å². The Morgan fingerprint density at radius 3 is 2.20 bits per heavy atom. The Morgan fingerprint density at radius 1 is 1.07 bits per heavy atom. The highest BCUT2D eigenvalue weighted by molar-refractivity contribution is 6.18. The van der Waals surface area contributed by atoms with Crippen LogP contribution in [0.25, 0.3) is 0 Å². The molecular weight excluding hydrogens is 227 g/mol. The summed E-state index contributed by atoms with van der Waals surface area (Å²) in [5.41, 5.74) is 0. The molecule has 0 rings (SSSR count). The second-order valence-electron chi connectivity index (χ2n) is 3.64. The quantitative estimate of drug-likeness (QED) is 0.466. The minimum atomic E-state index is -4.11. The Balaban J connectivity index is 3.73. The van der Waals surface area contributed by atoms with Crippen molar-refractivity contribution < 1.29 is 13.2 Å². The zero-order valence-electron chi connectivity index (χ0n) is 9.12. The van der Waals surface area contributed by atoms with Crippen molar-refractivity contribution in [3.63, 3.8) is 0 Å². The Bertz CT molecular complexity index is 150. The molecule has 1 nitrogen and oxygen atoms in total. The molecule has 0 amide bonds. The zero-order chi connectivity index (χ0) is 11.7. The van der Waals surface area contributed by atoms with E-state index < -0.39 is 12.7 Å². The molecule has 0 aromatic rings. The van der Waals surface area contributed by atoms with E-state index >= 15 is 0 Å². The predicted octanol–water partition coefficient (Wildman–Crippen LogP) is 3.67. The molecule has 0 N–H and O–H groups in total. The van der Waals surface area contributed by atoms with E-state index in [4.69, 9.17) is 11.6 Å². The average Bonchev–Trinajstić information content (AvgIpc) is 2.10. The van der Waals surface area contributed by atoms with Gasteiger partial charge in [0.25, 0.3) is 0 Å². The fourth-order valence-electron chi connectivity index (χ4n) is 1.41. The summed E-state index contributed by atoms with van der Waals surface area (Å²) in [6, 6.07) is 0. The van der Waals surface area contributed by atoms with Gasteiger partial charge in [-0.2, -0.15) is 13.2 Å². The monoisotopic (exact) mass is 245 g/mol. The van der Waals surface area contributed by atoms with Gasteiger partial charge in [0, 0.05) is 12.4 Å². The van der Waals surface area contributed by atoms with Crippen LogP contribution in [0.4, 0.5) is 13.2 Å². The molecule has 0 aliphatic rings. The minimum Gasteiger partial charge on any atom is -0.294 e. The lowest BCUT2D eigenvalue weighted by molar-refractivity contribution is -0.145. The van der Waals surface area contributed by atoms with Gasteiger partial charge in [-0.15, -0.1) is 11.6 Å². The third kappa shape index (κ3) is 10.3. The van der Waals surface area contributed by atoms with Gasteiger partial charge in [0.15, 0.2) is 0 Å². The number of halogens is 4. The van der Waals surface area contributed by atoms with Crippen molar-refractivity contribution in [1.29, 1.82) is 0 Å². The Hall–Kier alpha value is 0.0400. The largest absolute Gasteiger partial charge is 0.401 e. The second-order valence-corrected chi connectivity index (χ2v) is 4.02. The average molecular weight is 246 g/mol. The summed E-state index contributed by atoms with van der Waals surface area (Å²) in [4.78, 5) is 1.38. The zero-order valence-corrected chi connectivity index (χ0v) is 9.87. The van der Waals surface area contributed by atoms with Crippen molar-refractivity contribution in [2.45, 2.75) is 38.8 Å². The maximum atomic E-state index is 12.1. The number of alkyl halides is 4. The highest BCUT2D eigenvalue weighted by Gasteiger charge is 2.29. The fraction of sp³-hybridized carbons (Fsp3) is 1.00. The molecular formula is C10H19ClF3N. The van der Waals surface area contributed by atoms with Crippen molar-refractivity contribution in [3.05, 3.63) is 0 Å². The van der Waals surface area contributed by atoms with Gasteiger partial charge in [-0.1, -0.05) is 26.2 Å². The van der Waals surface area contributed by atoms with Crippen molar-refractivity contribution >= 4 is 11.6 Å². The van der Waals surface area contributed by atoms with Gasteiger partial charge in [-0.3, -0.25) is 4.90 Å². The van der Waals surface area contributed by atoms with Gasteiger partial charge in [0.2, 0.25) is 0 Å². The summed E-state index contributed by atoms with van der Waals surface area (Å²) in [6.45, 7) is 2.04. The van der Waals surface area contributed by atoms with E-state index in [2.05, 4.69) is 6.92 Å². The van der Waals surface area contributed by atoms with Crippen LogP contribution in [0, 0.1) is 0 Å². The van der Waals surface area contributed by atoms with Crippen molar-refractivity contribution in [3.8, 4) is 0 Å². The molecule has 0 radical (unpaired) electrons. The molecule has 0 aromatic carbocycles. The SMILES string of the molecule is CCCCCCN(CCCl)CC(F)(F)F. The van der Waals surface area contributed by atoms with Crippen LogP contribution in [0.2, 0.25) is 0 Å². The van der Waals surface area contributed by atoms with Crippen LogP contribution in [-0.2, 0) is 0 Å². The first-order chi connectivity index (χ1) is 6.99. The first-order valence-electron chi connectivity index (χ1n) is 5.34. The minimum absolute atomic E-state index is 0.254.